The second-order valence-electron chi connectivity index (χ2n) is 5.86. The van der Waals surface area contributed by atoms with E-state index in [1.54, 1.807) is 19.1 Å². The molecule has 6 heteroatoms. The second-order valence-corrected chi connectivity index (χ2v) is 5.86. The van der Waals surface area contributed by atoms with Crippen molar-refractivity contribution in [3.8, 4) is 0 Å². The van der Waals surface area contributed by atoms with E-state index >= 15 is 0 Å². The SMILES string of the molecule is CC(C)(C)c1ccc(C(=O)O)cc1.Cc1cc(C(=O)O)[nH]n1. The van der Waals surface area contributed by atoms with Gasteiger partial charge < -0.3 is 10.2 Å². The topological polar surface area (TPSA) is 103 Å². The van der Waals surface area contributed by atoms with Crippen LogP contribution in [0.4, 0.5) is 0 Å². The van der Waals surface area contributed by atoms with Gasteiger partial charge in [-0.15, -0.1) is 0 Å². The molecule has 118 valence electrons. The van der Waals surface area contributed by atoms with Crippen molar-refractivity contribution in [2.24, 2.45) is 0 Å². The van der Waals surface area contributed by atoms with E-state index in [1.807, 2.05) is 12.1 Å². The predicted octanol–water partition coefficient (Wildman–Crippen LogP) is 3.10. The van der Waals surface area contributed by atoms with Gasteiger partial charge in [0.05, 0.1) is 11.3 Å². The van der Waals surface area contributed by atoms with Crippen LogP contribution in [0.5, 0.6) is 0 Å². The van der Waals surface area contributed by atoms with Crippen molar-refractivity contribution < 1.29 is 19.8 Å². The molecule has 2 rings (SSSR count). The van der Waals surface area contributed by atoms with Crippen molar-refractivity contribution in [2.45, 2.75) is 33.1 Å². The van der Waals surface area contributed by atoms with Gasteiger partial charge in [0.25, 0.3) is 0 Å². The van der Waals surface area contributed by atoms with E-state index in [-0.39, 0.29) is 11.1 Å². The van der Waals surface area contributed by atoms with Gasteiger partial charge in [0.1, 0.15) is 5.69 Å². The van der Waals surface area contributed by atoms with E-state index in [1.165, 1.54) is 6.07 Å². The number of H-pyrrole nitrogens is 1. The Morgan fingerprint density at radius 1 is 1.05 bits per heavy atom. The monoisotopic (exact) mass is 304 g/mol. The van der Waals surface area contributed by atoms with Crippen LogP contribution in [-0.4, -0.2) is 32.3 Å². The van der Waals surface area contributed by atoms with Crippen LogP contribution in [0, 0.1) is 6.92 Å². The zero-order chi connectivity index (χ0) is 16.9. The zero-order valence-electron chi connectivity index (χ0n) is 13.0. The largest absolute Gasteiger partial charge is 0.478 e. The third-order valence-electron chi connectivity index (χ3n) is 2.93. The number of hydrogen-bond acceptors (Lipinski definition) is 3. The first-order chi connectivity index (χ1) is 10.1. The molecular weight excluding hydrogens is 284 g/mol. The van der Waals surface area contributed by atoms with Crippen LogP contribution in [0.2, 0.25) is 0 Å². The number of benzene rings is 1. The van der Waals surface area contributed by atoms with E-state index in [0.717, 1.165) is 5.56 Å². The van der Waals surface area contributed by atoms with E-state index in [9.17, 15) is 9.59 Å². The number of rotatable bonds is 2. The molecule has 1 aromatic carbocycles. The minimum atomic E-state index is -0.976. The third-order valence-corrected chi connectivity index (χ3v) is 2.93. The van der Waals surface area contributed by atoms with E-state index in [0.29, 0.717) is 11.3 Å². The summed E-state index contributed by atoms with van der Waals surface area (Å²) in [6, 6.07) is 8.49. The number of aromatic carboxylic acids is 2. The number of hydrogen-bond donors (Lipinski definition) is 3. The van der Waals surface area contributed by atoms with Crippen LogP contribution in [0.25, 0.3) is 0 Å². The van der Waals surface area contributed by atoms with E-state index < -0.39 is 11.9 Å². The van der Waals surface area contributed by atoms with Gasteiger partial charge in [0.2, 0.25) is 0 Å². The molecule has 0 radical (unpaired) electrons. The lowest BCUT2D eigenvalue weighted by Crippen LogP contribution is -2.11. The molecule has 22 heavy (non-hydrogen) atoms. The molecule has 1 heterocycles. The van der Waals surface area contributed by atoms with Crippen LogP contribution in [0.3, 0.4) is 0 Å². The van der Waals surface area contributed by atoms with Gasteiger partial charge in [-0.25, -0.2) is 9.59 Å². The maximum absolute atomic E-state index is 10.6. The number of aromatic amines is 1. The van der Waals surface area contributed by atoms with E-state index in [4.69, 9.17) is 10.2 Å². The highest BCUT2D eigenvalue weighted by molar-refractivity contribution is 5.87. The Morgan fingerprint density at radius 2 is 1.59 bits per heavy atom. The Bertz CT molecular complexity index is 652. The van der Waals surface area contributed by atoms with Crippen molar-refractivity contribution in [3.05, 3.63) is 52.8 Å². The fourth-order valence-corrected chi connectivity index (χ4v) is 1.64. The lowest BCUT2D eigenvalue weighted by Gasteiger charge is -2.18. The summed E-state index contributed by atoms with van der Waals surface area (Å²) < 4.78 is 0. The fourth-order valence-electron chi connectivity index (χ4n) is 1.64. The van der Waals surface area contributed by atoms with Crippen molar-refractivity contribution in [1.29, 1.82) is 0 Å². The summed E-state index contributed by atoms with van der Waals surface area (Å²) in [5, 5.41) is 23.0. The van der Waals surface area contributed by atoms with Gasteiger partial charge in [-0.2, -0.15) is 5.10 Å². The van der Waals surface area contributed by atoms with Gasteiger partial charge in [-0.05, 0) is 36.1 Å². The molecule has 0 unspecified atom stereocenters. The number of carbonyl (C=O) groups is 2. The average Bonchev–Trinajstić information content (AvgIpc) is 2.85. The number of aromatic nitrogens is 2. The molecule has 0 saturated carbocycles. The number of nitrogens with one attached hydrogen (secondary N) is 1. The van der Waals surface area contributed by atoms with Gasteiger partial charge in [0, 0.05) is 0 Å². The van der Waals surface area contributed by atoms with E-state index in [2.05, 4.69) is 31.0 Å². The van der Waals surface area contributed by atoms with Crippen LogP contribution in [0.1, 0.15) is 52.9 Å². The van der Waals surface area contributed by atoms with Crippen LogP contribution in [-0.2, 0) is 5.41 Å². The first-order valence-electron chi connectivity index (χ1n) is 6.70. The lowest BCUT2D eigenvalue weighted by atomic mass is 9.87. The molecule has 0 saturated heterocycles. The predicted molar refractivity (Wildman–Crippen MR) is 82.4 cm³/mol. The standard InChI is InChI=1S/C11H14O2.C5H6N2O2/c1-11(2,3)9-6-4-8(5-7-9)10(12)13;1-3-2-4(5(8)9)7-6-3/h4-7H,1-3H3,(H,12,13);2H,1H3,(H,6,7)(H,8,9). The second kappa shape index (κ2) is 6.89. The van der Waals surface area contributed by atoms with Crippen molar-refractivity contribution in [3.63, 3.8) is 0 Å². The van der Waals surface area contributed by atoms with Gasteiger partial charge in [-0.1, -0.05) is 32.9 Å². The summed E-state index contributed by atoms with van der Waals surface area (Å²) in [6.07, 6.45) is 0. The minimum Gasteiger partial charge on any atom is -0.478 e. The molecular formula is C16H20N2O4. The molecule has 0 spiro atoms. The van der Waals surface area contributed by atoms with Crippen LogP contribution < -0.4 is 0 Å². The van der Waals surface area contributed by atoms with Crippen molar-refractivity contribution in [2.75, 3.05) is 0 Å². The highest BCUT2D eigenvalue weighted by Crippen LogP contribution is 2.21. The Balaban J connectivity index is 0.000000235. The number of carboxylic acids is 2. The van der Waals surface area contributed by atoms with Crippen LogP contribution in [0.15, 0.2) is 30.3 Å². The Labute approximate surface area is 128 Å². The van der Waals surface area contributed by atoms with Gasteiger partial charge in [-0.3, -0.25) is 5.10 Å². The molecule has 0 aliphatic rings. The normalized spacial score (nSPS) is 10.5. The Kier molecular flexibility index (Phi) is 5.45. The third kappa shape index (κ3) is 5.05. The first kappa shape index (κ1) is 17.4. The van der Waals surface area contributed by atoms with Gasteiger partial charge >= 0.3 is 11.9 Å². The molecule has 2 aromatic rings. The summed E-state index contributed by atoms with van der Waals surface area (Å²) in [4.78, 5) is 20.7. The Hall–Kier alpha value is -2.63. The minimum absolute atomic E-state index is 0.0804. The maximum atomic E-state index is 10.6. The fraction of sp³-hybridized carbons (Fsp3) is 0.312. The summed E-state index contributed by atoms with van der Waals surface area (Å²) in [7, 11) is 0. The molecule has 0 aliphatic heterocycles. The summed E-state index contributed by atoms with van der Waals surface area (Å²) >= 11 is 0. The molecule has 0 aliphatic carbocycles. The average molecular weight is 304 g/mol. The van der Waals surface area contributed by atoms with Crippen molar-refractivity contribution >= 4 is 11.9 Å². The lowest BCUT2D eigenvalue weighted by molar-refractivity contribution is 0.0682. The van der Waals surface area contributed by atoms with Crippen molar-refractivity contribution in [1.82, 2.24) is 10.2 Å². The van der Waals surface area contributed by atoms with Crippen LogP contribution >= 0.6 is 0 Å². The molecule has 0 amide bonds. The van der Waals surface area contributed by atoms with Gasteiger partial charge in [0.15, 0.2) is 0 Å². The summed E-state index contributed by atoms with van der Waals surface area (Å²) in [5.74, 6) is -1.85. The molecule has 6 nitrogen and oxygen atoms in total. The molecule has 0 atom stereocenters. The number of carboxylic acid groups (broad SMARTS) is 2. The summed E-state index contributed by atoms with van der Waals surface area (Å²) in [5.41, 5.74) is 2.39. The Morgan fingerprint density at radius 3 is 1.86 bits per heavy atom. The quantitative estimate of drug-likeness (QED) is 0.791. The first-order valence-corrected chi connectivity index (χ1v) is 6.70. The number of nitrogens with zero attached hydrogens (tertiary/aromatic N) is 1. The summed E-state index contributed by atoms with van der Waals surface area (Å²) in [6.45, 7) is 8.03. The maximum Gasteiger partial charge on any atom is 0.353 e. The molecule has 0 bridgehead atoms. The zero-order valence-corrected chi connectivity index (χ0v) is 13.0. The smallest absolute Gasteiger partial charge is 0.353 e. The molecule has 0 fully saturated rings. The highest BCUT2D eigenvalue weighted by atomic mass is 16.4. The number of aryl methyl sites for hydroxylation is 1. The molecule has 1 aromatic heterocycles. The molecule has 3 N–H and O–H groups in total. The highest BCUT2D eigenvalue weighted by Gasteiger charge is 2.13.